The molecule has 1 atom stereocenters. The fourth-order valence-electron chi connectivity index (χ4n) is 2.85. The van der Waals surface area contributed by atoms with Crippen molar-refractivity contribution in [2.75, 3.05) is 13.6 Å². The molecule has 1 aromatic carbocycles. The van der Waals surface area contributed by atoms with Crippen molar-refractivity contribution in [3.05, 3.63) is 33.3 Å². The lowest BCUT2D eigenvalue weighted by Gasteiger charge is -2.33. The Labute approximate surface area is 123 Å². The van der Waals surface area contributed by atoms with Crippen molar-refractivity contribution >= 4 is 27.5 Å². The highest BCUT2D eigenvalue weighted by molar-refractivity contribution is 9.10. The molecule has 100 valence electrons. The monoisotopic (exact) mass is 330 g/mol. The van der Waals surface area contributed by atoms with Crippen molar-refractivity contribution in [1.29, 1.82) is 0 Å². The lowest BCUT2D eigenvalue weighted by Crippen LogP contribution is -2.37. The second kappa shape index (κ2) is 6.38. The molecule has 0 amide bonds. The summed E-state index contributed by atoms with van der Waals surface area (Å²) in [5.74, 6) is 0. The minimum absolute atomic E-state index is 0.216. The van der Waals surface area contributed by atoms with Gasteiger partial charge in [0, 0.05) is 28.1 Å². The SMILES string of the molecule is CN(C1CCCC1)C(CN)c1ccc(Br)cc1Cl. The third-order valence-electron chi connectivity index (χ3n) is 3.94. The van der Waals surface area contributed by atoms with E-state index in [1.54, 1.807) is 0 Å². The average molecular weight is 332 g/mol. The summed E-state index contributed by atoms with van der Waals surface area (Å²) in [6.45, 7) is 0.606. The molecule has 1 saturated carbocycles. The van der Waals surface area contributed by atoms with E-state index in [-0.39, 0.29) is 6.04 Å². The van der Waals surface area contributed by atoms with Gasteiger partial charge in [0.2, 0.25) is 0 Å². The fourth-order valence-corrected chi connectivity index (χ4v) is 3.65. The lowest BCUT2D eigenvalue weighted by atomic mass is 10.0. The van der Waals surface area contributed by atoms with E-state index < -0.39 is 0 Å². The number of hydrogen-bond donors (Lipinski definition) is 1. The molecule has 0 bridgehead atoms. The van der Waals surface area contributed by atoms with Crippen LogP contribution >= 0.6 is 27.5 Å². The highest BCUT2D eigenvalue weighted by atomic mass is 79.9. The molecule has 1 aliphatic carbocycles. The molecule has 0 aliphatic heterocycles. The zero-order chi connectivity index (χ0) is 13.1. The van der Waals surface area contributed by atoms with E-state index >= 15 is 0 Å². The Kier molecular flexibility index (Phi) is 5.07. The number of nitrogens with zero attached hydrogens (tertiary/aromatic N) is 1. The van der Waals surface area contributed by atoms with Crippen molar-refractivity contribution in [3.8, 4) is 0 Å². The second-order valence-corrected chi connectivity index (χ2v) is 6.34. The van der Waals surface area contributed by atoms with Gasteiger partial charge in [0.25, 0.3) is 0 Å². The number of nitrogens with two attached hydrogens (primary N) is 1. The number of hydrogen-bond acceptors (Lipinski definition) is 2. The highest BCUT2D eigenvalue weighted by Crippen LogP contribution is 2.33. The lowest BCUT2D eigenvalue weighted by molar-refractivity contribution is 0.179. The van der Waals surface area contributed by atoms with Crippen LogP contribution in [-0.4, -0.2) is 24.5 Å². The minimum atomic E-state index is 0.216. The molecule has 0 saturated heterocycles. The molecule has 1 fully saturated rings. The van der Waals surface area contributed by atoms with Crippen LogP contribution in [0.1, 0.15) is 37.3 Å². The van der Waals surface area contributed by atoms with Crippen LogP contribution in [0, 0.1) is 0 Å². The zero-order valence-corrected chi connectivity index (χ0v) is 13.0. The third kappa shape index (κ3) is 3.08. The molecular weight excluding hydrogens is 312 g/mol. The molecule has 0 heterocycles. The molecule has 0 radical (unpaired) electrons. The topological polar surface area (TPSA) is 29.3 Å². The van der Waals surface area contributed by atoms with Crippen LogP contribution in [0.15, 0.2) is 22.7 Å². The molecular formula is C14H20BrClN2. The first-order valence-electron chi connectivity index (χ1n) is 6.50. The maximum absolute atomic E-state index is 6.34. The van der Waals surface area contributed by atoms with E-state index in [2.05, 4.69) is 33.9 Å². The first-order valence-corrected chi connectivity index (χ1v) is 7.67. The largest absolute Gasteiger partial charge is 0.329 e. The number of halogens is 2. The summed E-state index contributed by atoms with van der Waals surface area (Å²) in [5.41, 5.74) is 7.10. The van der Waals surface area contributed by atoms with Gasteiger partial charge >= 0.3 is 0 Å². The molecule has 1 aromatic rings. The zero-order valence-electron chi connectivity index (χ0n) is 10.7. The van der Waals surface area contributed by atoms with Gasteiger partial charge < -0.3 is 5.73 Å². The molecule has 1 unspecified atom stereocenters. The summed E-state index contributed by atoms with van der Waals surface area (Å²) in [6, 6.07) is 6.93. The molecule has 2 N–H and O–H groups in total. The van der Waals surface area contributed by atoms with Crippen LogP contribution in [0.2, 0.25) is 5.02 Å². The van der Waals surface area contributed by atoms with Crippen molar-refractivity contribution in [1.82, 2.24) is 4.90 Å². The van der Waals surface area contributed by atoms with Crippen LogP contribution in [0.3, 0.4) is 0 Å². The predicted molar refractivity (Wildman–Crippen MR) is 81.0 cm³/mol. The van der Waals surface area contributed by atoms with E-state index in [4.69, 9.17) is 17.3 Å². The molecule has 0 spiro atoms. The minimum Gasteiger partial charge on any atom is -0.329 e. The average Bonchev–Trinajstić information content (AvgIpc) is 2.86. The Balaban J connectivity index is 2.21. The van der Waals surface area contributed by atoms with E-state index in [1.807, 2.05) is 12.1 Å². The van der Waals surface area contributed by atoms with E-state index in [0.717, 1.165) is 15.1 Å². The van der Waals surface area contributed by atoms with Gasteiger partial charge in [0.1, 0.15) is 0 Å². The smallest absolute Gasteiger partial charge is 0.0485 e. The highest BCUT2D eigenvalue weighted by Gasteiger charge is 2.26. The number of benzene rings is 1. The van der Waals surface area contributed by atoms with Gasteiger partial charge in [-0.15, -0.1) is 0 Å². The van der Waals surface area contributed by atoms with Gasteiger partial charge in [0.05, 0.1) is 0 Å². The Morgan fingerprint density at radius 1 is 1.44 bits per heavy atom. The van der Waals surface area contributed by atoms with Gasteiger partial charge in [-0.05, 0) is 37.6 Å². The first kappa shape index (κ1) is 14.3. The van der Waals surface area contributed by atoms with E-state index in [9.17, 15) is 0 Å². The van der Waals surface area contributed by atoms with Crippen LogP contribution in [0.5, 0.6) is 0 Å². The Morgan fingerprint density at radius 2 is 2.11 bits per heavy atom. The van der Waals surface area contributed by atoms with Crippen LogP contribution in [0.4, 0.5) is 0 Å². The van der Waals surface area contributed by atoms with Crippen molar-refractivity contribution in [2.24, 2.45) is 5.73 Å². The summed E-state index contributed by atoms with van der Waals surface area (Å²) in [5, 5.41) is 0.796. The fraction of sp³-hybridized carbons (Fsp3) is 0.571. The third-order valence-corrected chi connectivity index (χ3v) is 4.76. The Bertz CT molecular complexity index is 405. The molecule has 0 aromatic heterocycles. The molecule has 1 aliphatic rings. The van der Waals surface area contributed by atoms with Gasteiger partial charge in [-0.25, -0.2) is 0 Å². The van der Waals surface area contributed by atoms with Crippen molar-refractivity contribution in [2.45, 2.75) is 37.8 Å². The Morgan fingerprint density at radius 3 is 2.67 bits per heavy atom. The number of rotatable bonds is 4. The molecule has 18 heavy (non-hydrogen) atoms. The van der Waals surface area contributed by atoms with Crippen molar-refractivity contribution < 1.29 is 0 Å². The summed E-state index contributed by atoms with van der Waals surface area (Å²) in [7, 11) is 2.17. The maximum Gasteiger partial charge on any atom is 0.0485 e. The second-order valence-electron chi connectivity index (χ2n) is 5.02. The van der Waals surface area contributed by atoms with E-state index in [0.29, 0.717) is 12.6 Å². The van der Waals surface area contributed by atoms with Gasteiger partial charge in [-0.1, -0.05) is 46.4 Å². The summed E-state index contributed by atoms with van der Waals surface area (Å²) in [4.78, 5) is 2.40. The van der Waals surface area contributed by atoms with Crippen molar-refractivity contribution in [3.63, 3.8) is 0 Å². The van der Waals surface area contributed by atoms with E-state index in [1.165, 1.54) is 25.7 Å². The molecule has 2 rings (SSSR count). The normalized spacial score (nSPS) is 18.5. The predicted octanol–water partition coefficient (Wildman–Crippen LogP) is 3.98. The van der Waals surface area contributed by atoms with Gasteiger partial charge in [0.15, 0.2) is 0 Å². The summed E-state index contributed by atoms with van der Waals surface area (Å²) < 4.78 is 1.01. The Hall–Kier alpha value is -0.0900. The first-order chi connectivity index (χ1) is 8.63. The summed E-state index contributed by atoms with van der Waals surface area (Å²) in [6.07, 6.45) is 5.23. The number of likely N-dealkylation sites (N-methyl/N-ethyl adjacent to an activating group) is 1. The van der Waals surface area contributed by atoms with Crippen LogP contribution in [0.25, 0.3) is 0 Å². The summed E-state index contributed by atoms with van der Waals surface area (Å²) >= 11 is 9.78. The van der Waals surface area contributed by atoms with Crippen LogP contribution < -0.4 is 5.73 Å². The quantitative estimate of drug-likeness (QED) is 0.904. The van der Waals surface area contributed by atoms with Gasteiger partial charge in [-0.3, -0.25) is 4.90 Å². The molecule has 2 nitrogen and oxygen atoms in total. The van der Waals surface area contributed by atoms with Crippen LogP contribution in [-0.2, 0) is 0 Å². The molecule has 4 heteroatoms. The maximum atomic E-state index is 6.34. The standard InChI is InChI=1S/C14H20BrClN2/c1-18(11-4-2-3-5-11)14(9-17)12-7-6-10(15)8-13(12)16/h6-8,11,14H,2-5,9,17H2,1H3. The van der Waals surface area contributed by atoms with Gasteiger partial charge in [-0.2, -0.15) is 0 Å².